The van der Waals surface area contributed by atoms with Crippen molar-refractivity contribution in [1.29, 1.82) is 0 Å². The summed E-state index contributed by atoms with van der Waals surface area (Å²) in [6.07, 6.45) is 3.54. The number of halogens is 1. The average molecular weight is 551 g/mol. The molecule has 12 heteroatoms. The van der Waals surface area contributed by atoms with Crippen LogP contribution in [0.4, 0.5) is 11.4 Å². The second-order valence-corrected chi connectivity index (χ2v) is 13.0. The first-order chi connectivity index (χ1) is 16.5. The second-order valence-electron chi connectivity index (χ2n) is 8.65. The molecule has 2 aromatic carbocycles. The summed E-state index contributed by atoms with van der Waals surface area (Å²) in [6.45, 7) is 0.407. The summed E-state index contributed by atoms with van der Waals surface area (Å²) in [4.78, 5) is 16.9. The molecule has 0 aliphatic carbocycles. The highest BCUT2D eigenvalue weighted by molar-refractivity contribution is 8.03. The molecule has 5 rings (SSSR count). The van der Waals surface area contributed by atoms with Gasteiger partial charge in [-0.1, -0.05) is 34.7 Å². The number of benzene rings is 2. The van der Waals surface area contributed by atoms with E-state index in [4.69, 9.17) is 11.6 Å². The molecule has 1 N–H and O–H groups in total. The zero-order valence-electron chi connectivity index (χ0n) is 19.2. The van der Waals surface area contributed by atoms with Crippen LogP contribution in [-0.2, 0) is 21.9 Å². The van der Waals surface area contributed by atoms with Gasteiger partial charge in [-0.2, -0.15) is 4.57 Å². The fraction of sp³-hybridized carbons (Fsp3) is 0.304. The number of hydrogen-bond donors (Lipinski definition) is 1. The Morgan fingerprint density at radius 2 is 2.06 bits per heavy atom. The molecule has 1 aromatic heterocycles. The molecule has 2 aliphatic rings. The predicted molar refractivity (Wildman–Crippen MR) is 139 cm³/mol. The third-order valence-corrected chi connectivity index (χ3v) is 9.56. The number of sulfonamides is 1. The minimum absolute atomic E-state index is 0.380. The van der Waals surface area contributed by atoms with Gasteiger partial charge in [0.25, 0.3) is 5.01 Å². The number of hydrogen-bond acceptors (Lipinski definition) is 8. The molecule has 1 fully saturated rings. The van der Waals surface area contributed by atoms with E-state index in [1.165, 1.54) is 0 Å². The molecule has 3 heterocycles. The maximum absolute atomic E-state index is 11.9. The van der Waals surface area contributed by atoms with Gasteiger partial charge in [-0.05, 0) is 36.8 Å². The van der Waals surface area contributed by atoms with Crippen LogP contribution in [0.1, 0.15) is 11.4 Å². The van der Waals surface area contributed by atoms with Gasteiger partial charge in [0.05, 0.1) is 35.1 Å². The van der Waals surface area contributed by atoms with E-state index < -0.39 is 28.1 Å². The van der Waals surface area contributed by atoms with Crippen molar-refractivity contribution in [3.63, 3.8) is 0 Å². The zero-order valence-corrected chi connectivity index (χ0v) is 22.4. The van der Waals surface area contributed by atoms with Crippen molar-refractivity contribution in [2.45, 2.75) is 23.4 Å². The number of nitrogens with zero attached hydrogens (tertiary/aromatic N) is 3. The number of aromatic nitrogens is 1. The SMILES string of the molecule is CN1C(=Cc2sc3ccc(N4CCC(NS(C)(=O)=O)C4C(=O)[O-])cc3[n+]2C)Sc2ccc(Cl)cc21. The summed E-state index contributed by atoms with van der Waals surface area (Å²) in [5, 5.41) is 14.8. The van der Waals surface area contributed by atoms with Crippen molar-refractivity contribution in [3.05, 3.63) is 51.5 Å². The first kappa shape index (κ1) is 24.4. The standard InChI is InChI=1S/C23H23ClN4O4S3/c1-26-16-10-13(24)4-6-18(16)33-20(26)12-21-27(2)17-11-14(5-7-19(17)34-21)28-9-8-15(22(28)23(29)30)25-35(3,31)32/h4-7,10-12,15,22,25H,8-9H2,1-3H3. The van der Waals surface area contributed by atoms with Gasteiger partial charge in [0.2, 0.25) is 15.5 Å². The molecule has 184 valence electrons. The molecule has 2 atom stereocenters. The van der Waals surface area contributed by atoms with Gasteiger partial charge in [-0.25, -0.2) is 13.1 Å². The molecule has 0 spiro atoms. The lowest BCUT2D eigenvalue weighted by molar-refractivity contribution is -0.642. The van der Waals surface area contributed by atoms with Crippen LogP contribution in [0.2, 0.25) is 5.02 Å². The summed E-state index contributed by atoms with van der Waals surface area (Å²) in [6, 6.07) is 9.84. The van der Waals surface area contributed by atoms with E-state index in [9.17, 15) is 18.3 Å². The lowest BCUT2D eigenvalue weighted by Gasteiger charge is -2.30. The van der Waals surface area contributed by atoms with Gasteiger partial charge in [0, 0.05) is 41.3 Å². The Morgan fingerprint density at radius 1 is 1.29 bits per heavy atom. The van der Waals surface area contributed by atoms with Gasteiger partial charge in [0.1, 0.15) is 11.7 Å². The number of rotatable bonds is 5. The van der Waals surface area contributed by atoms with E-state index in [1.807, 2.05) is 50.5 Å². The maximum atomic E-state index is 11.9. The quantitative estimate of drug-likeness (QED) is 0.486. The number of carbonyl (C=O) groups is 1. The van der Waals surface area contributed by atoms with E-state index >= 15 is 0 Å². The molecule has 0 radical (unpaired) electrons. The minimum Gasteiger partial charge on any atom is -0.548 e. The number of carboxylic acids is 1. The van der Waals surface area contributed by atoms with Gasteiger partial charge in [0.15, 0.2) is 0 Å². The molecule has 8 nitrogen and oxygen atoms in total. The third-order valence-electron chi connectivity index (χ3n) is 6.26. The van der Waals surface area contributed by atoms with Crippen LogP contribution >= 0.6 is 34.7 Å². The summed E-state index contributed by atoms with van der Waals surface area (Å²) >= 11 is 9.50. The maximum Gasteiger partial charge on any atom is 0.265 e. The van der Waals surface area contributed by atoms with Gasteiger partial charge in [-0.3, -0.25) is 0 Å². The molecule has 3 aromatic rings. The van der Waals surface area contributed by atoms with Crippen LogP contribution in [0, 0.1) is 0 Å². The Hall–Kier alpha value is -2.31. The number of thioether (sulfide) groups is 1. The fourth-order valence-electron chi connectivity index (χ4n) is 4.60. The van der Waals surface area contributed by atoms with E-state index in [0.717, 1.165) is 37.1 Å². The number of aryl methyl sites for hydroxylation is 1. The van der Waals surface area contributed by atoms with Crippen LogP contribution in [0.3, 0.4) is 0 Å². The monoisotopic (exact) mass is 550 g/mol. The van der Waals surface area contributed by atoms with Crippen molar-refractivity contribution in [2.24, 2.45) is 7.05 Å². The number of anilines is 2. The number of carbonyl (C=O) groups excluding carboxylic acids is 1. The lowest BCUT2D eigenvalue weighted by Crippen LogP contribution is -2.54. The molecule has 0 bridgehead atoms. The molecule has 1 saturated heterocycles. The Labute approximate surface area is 216 Å². The van der Waals surface area contributed by atoms with Crippen molar-refractivity contribution in [2.75, 3.05) is 29.6 Å². The summed E-state index contributed by atoms with van der Waals surface area (Å²) < 4.78 is 29.0. The predicted octanol–water partition coefficient (Wildman–Crippen LogP) is 2.17. The van der Waals surface area contributed by atoms with E-state index in [0.29, 0.717) is 23.7 Å². The van der Waals surface area contributed by atoms with Gasteiger partial charge < -0.3 is 19.7 Å². The lowest BCUT2D eigenvalue weighted by atomic mass is 10.1. The summed E-state index contributed by atoms with van der Waals surface area (Å²) in [5.74, 6) is -1.30. The summed E-state index contributed by atoms with van der Waals surface area (Å²) in [7, 11) is 0.448. The van der Waals surface area contributed by atoms with Gasteiger partial charge >= 0.3 is 0 Å². The van der Waals surface area contributed by atoms with Crippen LogP contribution in [0.5, 0.6) is 0 Å². The highest BCUT2D eigenvalue weighted by Crippen LogP contribution is 2.46. The smallest absolute Gasteiger partial charge is 0.265 e. The van der Waals surface area contributed by atoms with Crippen molar-refractivity contribution in [1.82, 2.24) is 4.72 Å². The Morgan fingerprint density at radius 3 is 2.77 bits per heavy atom. The van der Waals surface area contributed by atoms with Crippen LogP contribution in [0.15, 0.2) is 46.3 Å². The van der Waals surface area contributed by atoms with Gasteiger partial charge in [-0.15, -0.1) is 0 Å². The first-order valence-corrected chi connectivity index (χ1v) is 14.7. The largest absolute Gasteiger partial charge is 0.548 e. The van der Waals surface area contributed by atoms with Crippen molar-refractivity contribution in [3.8, 4) is 0 Å². The Kier molecular flexibility index (Phi) is 6.25. The van der Waals surface area contributed by atoms with Crippen molar-refractivity contribution >= 4 is 78.4 Å². The Bertz CT molecular complexity index is 1490. The first-order valence-electron chi connectivity index (χ1n) is 10.8. The van der Waals surface area contributed by atoms with E-state index in [2.05, 4.69) is 20.3 Å². The molecule has 2 unspecified atom stereocenters. The number of thiazole rings is 1. The van der Waals surface area contributed by atoms with E-state index in [1.54, 1.807) is 28.0 Å². The number of carboxylic acid groups (broad SMARTS) is 1. The fourth-order valence-corrected chi connectivity index (χ4v) is 7.77. The van der Waals surface area contributed by atoms with Crippen molar-refractivity contribution < 1.29 is 22.9 Å². The molecule has 2 aliphatic heterocycles. The zero-order chi connectivity index (χ0) is 25.1. The highest BCUT2D eigenvalue weighted by Gasteiger charge is 2.37. The molecular formula is C23H23ClN4O4S3. The normalized spacial score (nSPS) is 21.3. The van der Waals surface area contributed by atoms with Crippen LogP contribution in [-0.4, -0.2) is 46.3 Å². The highest BCUT2D eigenvalue weighted by atomic mass is 35.5. The number of aliphatic carboxylic acids is 1. The number of fused-ring (bicyclic) bond motifs is 2. The molecule has 0 amide bonds. The van der Waals surface area contributed by atoms with Crippen LogP contribution in [0.25, 0.3) is 16.3 Å². The summed E-state index contributed by atoms with van der Waals surface area (Å²) in [5.41, 5.74) is 2.74. The molecule has 35 heavy (non-hydrogen) atoms. The average Bonchev–Trinajstić information content (AvgIpc) is 3.42. The Balaban J connectivity index is 1.47. The van der Waals surface area contributed by atoms with Crippen LogP contribution < -0.4 is 24.2 Å². The second kappa shape index (κ2) is 8.97. The molecule has 0 saturated carbocycles. The number of nitrogens with one attached hydrogen (secondary N) is 1. The van der Waals surface area contributed by atoms with E-state index in [-0.39, 0.29) is 0 Å². The minimum atomic E-state index is -3.55. The third kappa shape index (κ3) is 4.63. The molecular weight excluding hydrogens is 528 g/mol. The topological polar surface area (TPSA) is 96.7 Å².